The van der Waals surface area contributed by atoms with E-state index < -0.39 is 29.2 Å². The number of nitrogens with one attached hydrogen (secondary N) is 1. The molecule has 0 unspecified atom stereocenters. The predicted molar refractivity (Wildman–Crippen MR) is 126 cm³/mol. The topological polar surface area (TPSA) is 98.0 Å². The van der Waals surface area contributed by atoms with Crippen LogP contribution in [0.5, 0.6) is 5.75 Å². The molecule has 1 saturated carbocycles. The summed E-state index contributed by atoms with van der Waals surface area (Å²) in [5.41, 5.74) is 4.10. The van der Waals surface area contributed by atoms with Gasteiger partial charge in [0.15, 0.2) is 0 Å². The number of nitrogens with zero attached hydrogens (tertiary/aromatic N) is 2. The van der Waals surface area contributed by atoms with Crippen LogP contribution in [0.25, 0.3) is 11.4 Å². The van der Waals surface area contributed by atoms with Gasteiger partial charge in [0, 0.05) is 17.4 Å². The van der Waals surface area contributed by atoms with Crippen molar-refractivity contribution < 1.29 is 35.6 Å². The van der Waals surface area contributed by atoms with Gasteiger partial charge in [0.25, 0.3) is 0 Å². The largest absolute Gasteiger partial charge is 0.488 e. The Kier molecular flexibility index (Phi) is 7.98. The summed E-state index contributed by atoms with van der Waals surface area (Å²) in [4.78, 5) is 4.36. The van der Waals surface area contributed by atoms with Crippen LogP contribution in [0.15, 0.2) is 47.0 Å². The second-order valence-electron chi connectivity index (χ2n) is 9.36. The van der Waals surface area contributed by atoms with Gasteiger partial charge in [0.05, 0.1) is 17.0 Å². The lowest BCUT2D eigenvalue weighted by atomic mass is 9.85. The number of amidine groups is 1. The summed E-state index contributed by atoms with van der Waals surface area (Å²) >= 11 is 0. The van der Waals surface area contributed by atoms with Gasteiger partial charge in [0.2, 0.25) is 11.7 Å². The van der Waals surface area contributed by atoms with Gasteiger partial charge in [-0.25, -0.2) is 0 Å². The average molecular weight is 541 g/mol. The number of rotatable bonds is 6. The van der Waals surface area contributed by atoms with Crippen molar-refractivity contribution in [3.63, 3.8) is 0 Å². The van der Waals surface area contributed by atoms with Crippen LogP contribution < -0.4 is 10.5 Å². The van der Waals surface area contributed by atoms with E-state index >= 15 is 0 Å². The highest BCUT2D eigenvalue weighted by atomic mass is 19.4. The number of benzene rings is 2. The molecule has 204 valence electrons. The van der Waals surface area contributed by atoms with Gasteiger partial charge in [-0.1, -0.05) is 30.1 Å². The monoisotopic (exact) mass is 540 g/mol. The average Bonchev–Trinajstić information content (AvgIpc) is 3.31. The van der Waals surface area contributed by atoms with Gasteiger partial charge in [-0.05, 0) is 61.6 Å². The second-order valence-corrected chi connectivity index (χ2v) is 9.36. The molecule has 1 aromatic heterocycles. The Labute approximate surface area is 214 Å². The van der Waals surface area contributed by atoms with Crippen molar-refractivity contribution in [1.29, 1.82) is 5.41 Å². The first-order chi connectivity index (χ1) is 17.9. The molecule has 0 saturated heterocycles. The highest BCUT2D eigenvalue weighted by Crippen LogP contribution is 2.39. The molecule has 2 aromatic carbocycles. The molecular formula is C26H26F6N4O2. The molecule has 1 aliphatic carbocycles. The second kappa shape index (κ2) is 11.0. The van der Waals surface area contributed by atoms with Crippen molar-refractivity contribution in [1.82, 2.24) is 10.1 Å². The Morgan fingerprint density at radius 2 is 1.61 bits per heavy atom. The maximum Gasteiger partial charge on any atom is 0.419 e. The highest BCUT2D eigenvalue weighted by molar-refractivity contribution is 5.79. The van der Waals surface area contributed by atoms with Crippen LogP contribution >= 0.6 is 0 Å². The lowest BCUT2D eigenvalue weighted by Gasteiger charge is -2.21. The number of alkyl halides is 6. The van der Waals surface area contributed by atoms with Crippen LogP contribution in [0, 0.1) is 11.3 Å². The maximum absolute atomic E-state index is 13.8. The molecule has 1 aliphatic rings. The minimum Gasteiger partial charge on any atom is -0.488 e. The highest BCUT2D eigenvalue weighted by Gasteiger charge is 2.35. The molecule has 0 amide bonds. The zero-order valence-corrected chi connectivity index (χ0v) is 20.2. The number of aromatic nitrogens is 2. The Balaban J connectivity index is 1.48. The van der Waals surface area contributed by atoms with Gasteiger partial charge in [-0.2, -0.15) is 31.3 Å². The van der Waals surface area contributed by atoms with E-state index in [1.54, 1.807) is 0 Å². The molecule has 0 atom stereocenters. The SMILES string of the molecule is N=C(N)C1CCCC(c2nc(-c3ccc(OCc4ccc(C(F)(F)F)cc4)c(C(F)(F)F)c3)no2)CCC1. The molecule has 38 heavy (non-hydrogen) atoms. The number of ether oxygens (including phenoxy) is 1. The van der Waals surface area contributed by atoms with Crippen LogP contribution in [0.4, 0.5) is 26.3 Å². The van der Waals surface area contributed by atoms with E-state index in [-0.39, 0.29) is 41.2 Å². The smallest absolute Gasteiger partial charge is 0.419 e. The minimum absolute atomic E-state index is 0.0171. The molecule has 1 fully saturated rings. The molecule has 1 heterocycles. The van der Waals surface area contributed by atoms with E-state index in [1.165, 1.54) is 6.07 Å². The fourth-order valence-electron chi connectivity index (χ4n) is 4.55. The number of nitrogens with two attached hydrogens (primary N) is 1. The van der Waals surface area contributed by atoms with Crippen LogP contribution in [-0.4, -0.2) is 16.0 Å². The van der Waals surface area contributed by atoms with E-state index in [2.05, 4.69) is 10.1 Å². The predicted octanol–water partition coefficient (Wildman–Crippen LogP) is 7.34. The Morgan fingerprint density at radius 3 is 2.18 bits per heavy atom. The Morgan fingerprint density at radius 1 is 0.947 bits per heavy atom. The van der Waals surface area contributed by atoms with Crippen molar-refractivity contribution in [3.05, 3.63) is 65.0 Å². The summed E-state index contributed by atoms with van der Waals surface area (Å²) in [6.07, 6.45) is -4.57. The first-order valence-corrected chi connectivity index (χ1v) is 12.1. The van der Waals surface area contributed by atoms with Gasteiger partial charge >= 0.3 is 12.4 Å². The summed E-state index contributed by atoms with van der Waals surface area (Å²) in [5, 5.41) is 11.5. The van der Waals surface area contributed by atoms with Crippen molar-refractivity contribution >= 4 is 5.84 Å². The maximum atomic E-state index is 13.8. The zero-order valence-electron chi connectivity index (χ0n) is 20.2. The van der Waals surface area contributed by atoms with E-state index in [4.69, 9.17) is 20.4 Å². The third-order valence-corrected chi connectivity index (χ3v) is 6.66. The molecular weight excluding hydrogens is 514 g/mol. The number of halogens is 6. The molecule has 0 aliphatic heterocycles. The molecule has 0 radical (unpaired) electrons. The van der Waals surface area contributed by atoms with E-state index in [0.717, 1.165) is 74.9 Å². The Bertz CT molecular complexity index is 1240. The molecule has 3 aromatic rings. The normalized spacial score (nSPS) is 19.0. The molecule has 0 bridgehead atoms. The third kappa shape index (κ3) is 6.65. The number of hydrogen-bond donors (Lipinski definition) is 2. The van der Waals surface area contributed by atoms with Crippen molar-refractivity contribution in [2.45, 2.75) is 63.4 Å². The fourth-order valence-corrected chi connectivity index (χ4v) is 4.55. The van der Waals surface area contributed by atoms with Crippen molar-refractivity contribution in [2.75, 3.05) is 0 Å². The lowest BCUT2D eigenvalue weighted by molar-refractivity contribution is -0.139. The number of hydrogen-bond acceptors (Lipinski definition) is 5. The summed E-state index contributed by atoms with van der Waals surface area (Å²) < 4.78 is 90.4. The quantitative estimate of drug-likeness (QED) is 0.194. The van der Waals surface area contributed by atoms with Gasteiger partial charge in [0.1, 0.15) is 12.4 Å². The first-order valence-electron chi connectivity index (χ1n) is 12.1. The lowest BCUT2D eigenvalue weighted by Crippen LogP contribution is -2.23. The van der Waals surface area contributed by atoms with E-state index in [1.807, 2.05) is 0 Å². The van der Waals surface area contributed by atoms with Gasteiger partial charge in [-0.3, -0.25) is 5.41 Å². The summed E-state index contributed by atoms with van der Waals surface area (Å²) in [5.74, 6) is 0.133. The van der Waals surface area contributed by atoms with Crippen LogP contribution in [0.1, 0.15) is 67.0 Å². The molecule has 0 spiro atoms. The minimum atomic E-state index is -4.76. The van der Waals surface area contributed by atoms with Crippen LogP contribution in [0.3, 0.4) is 0 Å². The zero-order chi connectivity index (χ0) is 27.5. The van der Waals surface area contributed by atoms with Crippen LogP contribution in [-0.2, 0) is 19.0 Å². The Hall–Kier alpha value is -3.57. The van der Waals surface area contributed by atoms with Crippen molar-refractivity contribution in [3.8, 4) is 17.1 Å². The first kappa shape index (κ1) is 27.5. The molecule has 3 N–H and O–H groups in total. The molecule has 12 heteroatoms. The molecule has 6 nitrogen and oxygen atoms in total. The standard InChI is InChI=1S/C26H26F6N4O2/c27-25(28,29)19-10-7-15(8-11-19)14-37-21-12-9-18(13-20(21)26(30,31)32)23-35-24(38-36-23)17-5-1-3-16(22(33)34)4-2-6-17/h7-13,16-17H,1-6,14H2,(H3,33,34). The van der Waals surface area contributed by atoms with Crippen LogP contribution in [0.2, 0.25) is 0 Å². The summed E-state index contributed by atoms with van der Waals surface area (Å²) in [7, 11) is 0. The summed E-state index contributed by atoms with van der Waals surface area (Å²) in [6.45, 7) is -0.348. The van der Waals surface area contributed by atoms with Gasteiger partial charge in [-0.15, -0.1) is 0 Å². The molecule has 4 rings (SSSR count). The summed E-state index contributed by atoms with van der Waals surface area (Å²) in [6, 6.07) is 7.38. The van der Waals surface area contributed by atoms with E-state index in [9.17, 15) is 26.3 Å². The van der Waals surface area contributed by atoms with Gasteiger partial charge < -0.3 is 15.0 Å². The fraction of sp³-hybridized carbons (Fsp3) is 0.423. The third-order valence-electron chi connectivity index (χ3n) is 6.66. The van der Waals surface area contributed by atoms with Crippen molar-refractivity contribution in [2.24, 2.45) is 11.7 Å². The van der Waals surface area contributed by atoms with E-state index in [0.29, 0.717) is 5.89 Å².